The topological polar surface area (TPSA) is 79.1 Å². The number of aromatic nitrogens is 4. The standard InChI is InChI=1S/C18H20N4O3/c1-18(2,3)25-15(23)9-12-5-7-13(8-6-12)24-17-14-10-21-22(4)16(14)19-11-20-17/h5-8,10-11H,9H2,1-4H3. The number of rotatable bonds is 4. The van der Waals surface area contributed by atoms with E-state index in [9.17, 15) is 4.79 Å². The van der Waals surface area contributed by atoms with E-state index < -0.39 is 5.60 Å². The first kappa shape index (κ1) is 16.9. The van der Waals surface area contributed by atoms with Crippen molar-refractivity contribution in [3.05, 3.63) is 42.4 Å². The highest BCUT2D eigenvalue weighted by atomic mass is 16.6. The van der Waals surface area contributed by atoms with Gasteiger partial charge in [0.1, 0.15) is 23.1 Å². The molecular formula is C18H20N4O3. The molecule has 0 aliphatic heterocycles. The number of aryl methyl sites for hydroxylation is 1. The summed E-state index contributed by atoms with van der Waals surface area (Å²) in [5.41, 5.74) is 1.07. The first-order valence-electron chi connectivity index (χ1n) is 7.93. The Morgan fingerprint density at radius 1 is 1.16 bits per heavy atom. The van der Waals surface area contributed by atoms with Crippen molar-refractivity contribution < 1.29 is 14.3 Å². The highest BCUT2D eigenvalue weighted by Crippen LogP contribution is 2.26. The number of ether oxygens (including phenoxy) is 2. The van der Waals surface area contributed by atoms with E-state index in [4.69, 9.17) is 9.47 Å². The van der Waals surface area contributed by atoms with E-state index in [0.717, 1.165) is 10.9 Å². The molecule has 0 amide bonds. The van der Waals surface area contributed by atoms with Crippen LogP contribution in [0.1, 0.15) is 26.3 Å². The fourth-order valence-corrected chi connectivity index (χ4v) is 2.35. The third-order valence-electron chi connectivity index (χ3n) is 3.40. The van der Waals surface area contributed by atoms with Crippen LogP contribution in [0.25, 0.3) is 11.0 Å². The Morgan fingerprint density at radius 3 is 2.56 bits per heavy atom. The monoisotopic (exact) mass is 340 g/mol. The van der Waals surface area contributed by atoms with Crippen molar-refractivity contribution in [1.82, 2.24) is 19.7 Å². The molecule has 3 aromatic rings. The van der Waals surface area contributed by atoms with E-state index in [1.54, 1.807) is 23.0 Å². The summed E-state index contributed by atoms with van der Waals surface area (Å²) in [5, 5.41) is 4.90. The van der Waals surface area contributed by atoms with Gasteiger partial charge in [-0.3, -0.25) is 9.48 Å². The maximum atomic E-state index is 11.9. The second kappa shape index (κ2) is 6.51. The van der Waals surface area contributed by atoms with Crippen LogP contribution in [0.5, 0.6) is 11.6 Å². The van der Waals surface area contributed by atoms with Gasteiger partial charge in [-0.25, -0.2) is 9.97 Å². The van der Waals surface area contributed by atoms with E-state index in [-0.39, 0.29) is 12.4 Å². The molecule has 2 heterocycles. The SMILES string of the molecule is Cn1ncc2c(Oc3ccc(CC(=O)OC(C)(C)C)cc3)ncnc21. The van der Waals surface area contributed by atoms with Crippen LogP contribution in [0.2, 0.25) is 0 Å². The van der Waals surface area contributed by atoms with Gasteiger partial charge in [0.2, 0.25) is 5.88 Å². The van der Waals surface area contributed by atoms with Gasteiger partial charge in [0.05, 0.1) is 12.6 Å². The number of fused-ring (bicyclic) bond motifs is 1. The molecule has 0 unspecified atom stereocenters. The Kier molecular flexibility index (Phi) is 4.39. The summed E-state index contributed by atoms with van der Waals surface area (Å²) in [6, 6.07) is 7.26. The van der Waals surface area contributed by atoms with Crippen LogP contribution in [-0.2, 0) is 23.0 Å². The number of carbonyl (C=O) groups excluding carboxylic acids is 1. The summed E-state index contributed by atoms with van der Waals surface area (Å²) in [6.07, 6.45) is 3.33. The normalized spacial score (nSPS) is 11.5. The van der Waals surface area contributed by atoms with Crippen LogP contribution in [0.15, 0.2) is 36.8 Å². The largest absolute Gasteiger partial charge is 0.460 e. The Morgan fingerprint density at radius 2 is 1.88 bits per heavy atom. The average Bonchev–Trinajstić information content (AvgIpc) is 2.90. The summed E-state index contributed by atoms with van der Waals surface area (Å²) in [6.45, 7) is 5.55. The van der Waals surface area contributed by atoms with Crippen molar-refractivity contribution >= 4 is 17.0 Å². The molecule has 3 rings (SSSR count). The predicted octanol–water partition coefficient (Wildman–Crippen LogP) is 3.04. The summed E-state index contributed by atoms with van der Waals surface area (Å²) >= 11 is 0. The molecule has 0 bridgehead atoms. The predicted molar refractivity (Wildman–Crippen MR) is 92.4 cm³/mol. The molecule has 7 nitrogen and oxygen atoms in total. The molecule has 0 saturated carbocycles. The fourth-order valence-electron chi connectivity index (χ4n) is 2.35. The van der Waals surface area contributed by atoms with Gasteiger partial charge in [-0.1, -0.05) is 12.1 Å². The van der Waals surface area contributed by atoms with Gasteiger partial charge in [0.15, 0.2) is 5.65 Å². The molecule has 0 aliphatic carbocycles. The van der Waals surface area contributed by atoms with Gasteiger partial charge in [-0.05, 0) is 38.5 Å². The first-order valence-corrected chi connectivity index (χ1v) is 7.93. The highest BCUT2D eigenvalue weighted by molar-refractivity contribution is 5.80. The van der Waals surface area contributed by atoms with Gasteiger partial charge in [-0.15, -0.1) is 0 Å². The van der Waals surface area contributed by atoms with Crippen LogP contribution in [0, 0.1) is 0 Å². The van der Waals surface area contributed by atoms with E-state index >= 15 is 0 Å². The van der Waals surface area contributed by atoms with Gasteiger partial charge < -0.3 is 9.47 Å². The number of esters is 1. The third-order valence-corrected chi connectivity index (χ3v) is 3.40. The van der Waals surface area contributed by atoms with Crippen molar-refractivity contribution in [3.8, 4) is 11.6 Å². The first-order chi connectivity index (χ1) is 11.8. The van der Waals surface area contributed by atoms with Crippen LogP contribution < -0.4 is 4.74 Å². The summed E-state index contributed by atoms with van der Waals surface area (Å²) in [7, 11) is 1.81. The van der Waals surface area contributed by atoms with E-state index in [1.165, 1.54) is 6.33 Å². The fraction of sp³-hybridized carbons (Fsp3) is 0.333. The molecule has 7 heteroatoms. The minimum Gasteiger partial charge on any atom is -0.460 e. The molecule has 0 radical (unpaired) electrons. The average molecular weight is 340 g/mol. The van der Waals surface area contributed by atoms with E-state index in [1.807, 2.05) is 40.0 Å². The minimum atomic E-state index is -0.484. The Hall–Kier alpha value is -2.96. The zero-order valence-electron chi connectivity index (χ0n) is 14.7. The molecule has 2 aromatic heterocycles. The zero-order valence-corrected chi connectivity index (χ0v) is 14.7. The Labute approximate surface area is 145 Å². The second-order valence-corrected chi connectivity index (χ2v) is 6.69. The zero-order chi connectivity index (χ0) is 18.0. The van der Waals surface area contributed by atoms with Gasteiger partial charge in [-0.2, -0.15) is 5.10 Å². The van der Waals surface area contributed by atoms with Crippen molar-refractivity contribution in [1.29, 1.82) is 0 Å². The highest BCUT2D eigenvalue weighted by Gasteiger charge is 2.16. The number of carbonyl (C=O) groups is 1. The quantitative estimate of drug-likeness (QED) is 0.679. The number of hydrogen-bond acceptors (Lipinski definition) is 6. The van der Waals surface area contributed by atoms with Gasteiger partial charge >= 0.3 is 5.97 Å². The van der Waals surface area contributed by atoms with Crippen LogP contribution in [0.3, 0.4) is 0 Å². The minimum absolute atomic E-state index is 0.220. The number of nitrogens with zero attached hydrogens (tertiary/aromatic N) is 4. The molecule has 0 saturated heterocycles. The number of hydrogen-bond donors (Lipinski definition) is 0. The van der Waals surface area contributed by atoms with Gasteiger partial charge in [0.25, 0.3) is 0 Å². The second-order valence-electron chi connectivity index (χ2n) is 6.69. The third kappa shape index (κ3) is 4.12. The summed E-state index contributed by atoms with van der Waals surface area (Å²) in [5.74, 6) is 0.809. The molecule has 0 spiro atoms. The van der Waals surface area contributed by atoms with Crippen LogP contribution in [-0.4, -0.2) is 31.3 Å². The van der Waals surface area contributed by atoms with E-state index in [0.29, 0.717) is 17.3 Å². The van der Waals surface area contributed by atoms with Crippen LogP contribution >= 0.6 is 0 Å². The maximum Gasteiger partial charge on any atom is 0.310 e. The lowest BCUT2D eigenvalue weighted by atomic mass is 10.1. The molecule has 130 valence electrons. The molecular weight excluding hydrogens is 320 g/mol. The molecule has 0 aliphatic rings. The van der Waals surface area contributed by atoms with Crippen molar-refractivity contribution in [2.75, 3.05) is 0 Å². The number of benzene rings is 1. The molecule has 1 aromatic carbocycles. The maximum absolute atomic E-state index is 11.9. The summed E-state index contributed by atoms with van der Waals surface area (Å²) in [4.78, 5) is 20.2. The Balaban J connectivity index is 1.71. The molecule has 0 fully saturated rings. The molecule has 0 N–H and O–H groups in total. The lowest BCUT2D eigenvalue weighted by molar-refractivity contribution is -0.153. The summed E-state index contributed by atoms with van der Waals surface area (Å²) < 4.78 is 12.8. The van der Waals surface area contributed by atoms with Crippen molar-refractivity contribution in [2.45, 2.75) is 32.8 Å². The molecule has 25 heavy (non-hydrogen) atoms. The lowest BCUT2D eigenvalue weighted by Gasteiger charge is -2.19. The van der Waals surface area contributed by atoms with Gasteiger partial charge in [0, 0.05) is 7.05 Å². The lowest BCUT2D eigenvalue weighted by Crippen LogP contribution is -2.24. The van der Waals surface area contributed by atoms with Crippen molar-refractivity contribution in [2.24, 2.45) is 7.05 Å². The van der Waals surface area contributed by atoms with E-state index in [2.05, 4.69) is 15.1 Å². The molecule has 0 atom stereocenters. The smallest absolute Gasteiger partial charge is 0.310 e. The van der Waals surface area contributed by atoms with Crippen molar-refractivity contribution in [3.63, 3.8) is 0 Å². The Bertz CT molecular complexity index is 895. The van der Waals surface area contributed by atoms with Crippen LogP contribution in [0.4, 0.5) is 0 Å².